The highest BCUT2D eigenvalue weighted by atomic mass is 79.9. The molecule has 1 aliphatic heterocycles. The smallest absolute Gasteiger partial charge is 0.0802 e. The second-order valence-corrected chi connectivity index (χ2v) is 8.77. The third-order valence-corrected chi connectivity index (χ3v) is 5.80. The third-order valence-electron chi connectivity index (χ3n) is 3.90. The van der Waals surface area contributed by atoms with E-state index in [0.717, 1.165) is 36.1 Å². The van der Waals surface area contributed by atoms with Crippen molar-refractivity contribution in [2.45, 2.75) is 37.5 Å². The highest BCUT2D eigenvalue weighted by molar-refractivity contribution is 9.10. The topological polar surface area (TPSA) is 23.5 Å². The Labute approximate surface area is 135 Å². The van der Waals surface area contributed by atoms with Gasteiger partial charge in [0.05, 0.1) is 6.10 Å². The Morgan fingerprint density at radius 2 is 2.00 bits per heavy atom. The minimum Gasteiger partial charge on any atom is -0.388 e. The summed E-state index contributed by atoms with van der Waals surface area (Å²) in [5.41, 5.74) is 1.01. The van der Waals surface area contributed by atoms with Gasteiger partial charge in [0.1, 0.15) is 0 Å². The summed E-state index contributed by atoms with van der Waals surface area (Å²) < 4.78 is 1.46. The fraction of sp³-hybridized carbons (Fsp3) is 0.625. The fourth-order valence-corrected chi connectivity index (χ4v) is 3.84. The van der Waals surface area contributed by atoms with Gasteiger partial charge in [0, 0.05) is 28.1 Å². The number of benzene rings is 1. The van der Waals surface area contributed by atoms with Crippen LogP contribution >= 0.6 is 27.7 Å². The molecule has 0 bridgehead atoms. The Hall–Kier alpha value is -0.0300. The molecule has 0 aromatic heterocycles. The average Bonchev–Trinajstić information content (AvgIpc) is 2.58. The molecule has 4 heteroatoms. The Kier molecular flexibility index (Phi) is 5.96. The molecule has 0 radical (unpaired) electrons. The summed E-state index contributed by atoms with van der Waals surface area (Å²) in [4.78, 5) is 2.49. The minimum atomic E-state index is -0.355. The predicted octanol–water partition coefficient (Wildman–Crippen LogP) is 4.09. The molecule has 1 aliphatic rings. The van der Waals surface area contributed by atoms with Crippen molar-refractivity contribution in [1.82, 2.24) is 4.90 Å². The Morgan fingerprint density at radius 3 is 2.70 bits per heavy atom. The van der Waals surface area contributed by atoms with E-state index in [1.165, 1.54) is 12.2 Å². The lowest BCUT2D eigenvalue weighted by Crippen LogP contribution is -2.29. The van der Waals surface area contributed by atoms with Crippen molar-refractivity contribution in [2.24, 2.45) is 0 Å². The number of hydrogen-bond acceptors (Lipinski definition) is 3. The van der Waals surface area contributed by atoms with Crippen molar-refractivity contribution in [2.75, 3.05) is 25.4 Å². The molecule has 1 atom stereocenters. The standard InChI is InChI=1S/C16H24BrNOS/c1-16(2)8-10-18(11-12-20-16)9-7-15(19)13-3-5-14(17)6-4-13/h3-6,15,19H,7-12H2,1-2H3. The first-order chi connectivity index (χ1) is 9.46. The molecule has 0 spiro atoms. The summed E-state index contributed by atoms with van der Waals surface area (Å²) in [7, 11) is 0. The van der Waals surface area contributed by atoms with Crippen molar-refractivity contribution in [3.8, 4) is 0 Å². The molecule has 1 aromatic carbocycles. The lowest BCUT2D eigenvalue weighted by atomic mass is 10.1. The van der Waals surface area contributed by atoms with E-state index in [0.29, 0.717) is 4.75 Å². The molecular formula is C16H24BrNOS. The number of halogens is 1. The molecule has 2 rings (SSSR count). The number of aliphatic hydroxyl groups is 1. The number of nitrogens with zero attached hydrogens (tertiary/aromatic N) is 1. The van der Waals surface area contributed by atoms with Crippen LogP contribution in [-0.4, -0.2) is 40.1 Å². The van der Waals surface area contributed by atoms with E-state index in [2.05, 4.69) is 46.4 Å². The fourth-order valence-electron chi connectivity index (χ4n) is 2.44. The van der Waals surface area contributed by atoms with Gasteiger partial charge in [0.15, 0.2) is 0 Å². The van der Waals surface area contributed by atoms with Gasteiger partial charge in [-0.2, -0.15) is 11.8 Å². The van der Waals surface area contributed by atoms with E-state index >= 15 is 0 Å². The Morgan fingerprint density at radius 1 is 1.30 bits per heavy atom. The maximum atomic E-state index is 10.3. The largest absolute Gasteiger partial charge is 0.388 e. The summed E-state index contributed by atoms with van der Waals surface area (Å²) in [6.07, 6.45) is 1.69. The predicted molar refractivity (Wildman–Crippen MR) is 91.3 cm³/mol. The van der Waals surface area contributed by atoms with E-state index in [4.69, 9.17) is 0 Å². The van der Waals surface area contributed by atoms with Crippen LogP contribution in [0.1, 0.15) is 38.4 Å². The van der Waals surface area contributed by atoms with E-state index in [1.54, 1.807) is 0 Å². The van der Waals surface area contributed by atoms with Crippen LogP contribution in [0, 0.1) is 0 Å². The van der Waals surface area contributed by atoms with Crippen LogP contribution in [0.5, 0.6) is 0 Å². The molecule has 1 unspecified atom stereocenters. The van der Waals surface area contributed by atoms with Crippen LogP contribution < -0.4 is 0 Å². The highest BCUT2D eigenvalue weighted by Crippen LogP contribution is 2.31. The van der Waals surface area contributed by atoms with Gasteiger partial charge in [-0.15, -0.1) is 0 Å². The van der Waals surface area contributed by atoms with Gasteiger partial charge >= 0.3 is 0 Å². The summed E-state index contributed by atoms with van der Waals surface area (Å²) in [5.74, 6) is 1.20. The van der Waals surface area contributed by atoms with Crippen molar-refractivity contribution in [3.05, 3.63) is 34.3 Å². The molecular weight excluding hydrogens is 334 g/mol. The van der Waals surface area contributed by atoms with Crippen LogP contribution in [0.2, 0.25) is 0 Å². The Bertz CT molecular complexity index is 421. The van der Waals surface area contributed by atoms with Crippen LogP contribution in [-0.2, 0) is 0 Å². The van der Waals surface area contributed by atoms with Crippen LogP contribution in [0.25, 0.3) is 0 Å². The van der Waals surface area contributed by atoms with Gasteiger partial charge in [-0.05, 0) is 37.1 Å². The van der Waals surface area contributed by atoms with Crippen molar-refractivity contribution in [1.29, 1.82) is 0 Å². The van der Waals surface area contributed by atoms with Crippen LogP contribution in [0.15, 0.2) is 28.7 Å². The SMILES string of the molecule is CC1(C)CCN(CCC(O)c2ccc(Br)cc2)CCS1. The van der Waals surface area contributed by atoms with Crippen LogP contribution in [0.3, 0.4) is 0 Å². The minimum absolute atomic E-state index is 0.355. The Balaban J connectivity index is 1.81. The first-order valence-corrected chi connectivity index (χ1v) is 9.04. The van der Waals surface area contributed by atoms with E-state index in [-0.39, 0.29) is 6.10 Å². The normalized spacial score (nSPS) is 21.4. The number of rotatable bonds is 4. The molecule has 0 aliphatic carbocycles. The maximum Gasteiger partial charge on any atom is 0.0802 e. The van der Waals surface area contributed by atoms with Gasteiger partial charge in [-0.3, -0.25) is 0 Å². The summed E-state index contributed by atoms with van der Waals surface area (Å²) in [6.45, 7) is 7.93. The molecule has 2 nitrogen and oxygen atoms in total. The van der Waals surface area contributed by atoms with Crippen molar-refractivity contribution in [3.63, 3.8) is 0 Å². The van der Waals surface area contributed by atoms with E-state index < -0.39 is 0 Å². The maximum absolute atomic E-state index is 10.3. The van der Waals surface area contributed by atoms with E-state index in [9.17, 15) is 5.11 Å². The average molecular weight is 358 g/mol. The second kappa shape index (κ2) is 7.30. The molecule has 20 heavy (non-hydrogen) atoms. The van der Waals surface area contributed by atoms with Gasteiger partial charge < -0.3 is 10.0 Å². The third kappa shape index (κ3) is 5.06. The quantitative estimate of drug-likeness (QED) is 0.877. The first kappa shape index (κ1) is 16.3. The van der Waals surface area contributed by atoms with Gasteiger partial charge in [-0.1, -0.05) is 41.9 Å². The lowest BCUT2D eigenvalue weighted by Gasteiger charge is -2.23. The summed E-state index contributed by atoms with van der Waals surface area (Å²) in [6, 6.07) is 7.97. The lowest BCUT2D eigenvalue weighted by molar-refractivity contribution is 0.143. The zero-order valence-electron chi connectivity index (χ0n) is 12.3. The molecule has 1 fully saturated rings. The zero-order chi connectivity index (χ0) is 14.6. The van der Waals surface area contributed by atoms with Crippen molar-refractivity contribution >= 4 is 27.7 Å². The molecule has 112 valence electrons. The van der Waals surface area contributed by atoms with Gasteiger partial charge in [0.2, 0.25) is 0 Å². The van der Waals surface area contributed by atoms with Gasteiger partial charge in [-0.25, -0.2) is 0 Å². The summed E-state index contributed by atoms with van der Waals surface area (Å²) in [5, 5.41) is 10.3. The van der Waals surface area contributed by atoms with E-state index in [1.807, 2.05) is 24.3 Å². The zero-order valence-corrected chi connectivity index (χ0v) is 14.7. The summed E-state index contributed by atoms with van der Waals surface area (Å²) >= 11 is 5.49. The molecule has 1 aromatic rings. The number of aliphatic hydroxyl groups excluding tert-OH is 1. The molecule has 0 saturated carbocycles. The monoisotopic (exact) mass is 357 g/mol. The number of hydrogen-bond donors (Lipinski definition) is 1. The first-order valence-electron chi connectivity index (χ1n) is 7.26. The van der Waals surface area contributed by atoms with Gasteiger partial charge in [0.25, 0.3) is 0 Å². The van der Waals surface area contributed by atoms with Crippen molar-refractivity contribution < 1.29 is 5.11 Å². The highest BCUT2D eigenvalue weighted by Gasteiger charge is 2.23. The molecule has 0 amide bonds. The van der Waals surface area contributed by atoms with Crippen LogP contribution in [0.4, 0.5) is 0 Å². The molecule has 1 saturated heterocycles. The second-order valence-electron chi connectivity index (χ2n) is 6.06. The number of thioether (sulfide) groups is 1. The molecule has 1 heterocycles. The molecule has 1 N–H and O–H groups in total.